The van der Waals surface area contributed by atoms with E-state index in [0.29, 0.717) is 30.1 Å². The van der Waals surface area contributed by atoms with Crippen molar-refractivity contribution in [2.45, 2.75) is 78.2 Å². The van der Waals surface area contributed by atoms with E-state index in [2.05, 4.69) is 27.7 Å². The van der Waals surface area contributed by atoms with Gasteiger partial charge in [-0.05, 0) is 79.1 Å². The highest BCUT2D eigenvalue weighted by atomic mass is 16.3. The Bertz CT molecular complexity index is 664. The number of Topliss-reactive ketones (excluding diaryl/α,β-unsaturated/α-hetero) is 1. The predicted octanol–water partition coefficient (Wildman–Crippen LogP) is 4.08. The van der Waals surface area contributed by atoms with Crippen molar-refractivity contribution in [1.29, 1.82) is 0 Å². The topological polar surface area (TPSA) is 54.4 Å². The first kappa shape index (κ1) is 17.5. The summed E-state index contributed by atoms with van der Waals surface area (Å²) in [5.41, 5.74) is 0.558. The first-order valence-electron chi connectivity index (χ1n) is 10.2. The third-order valence-corrected chi connectivity index (χ3v) is 9.07. The number of carbonyl (C=O) groups excluding carboxylic acids is 2. The first-order valence-corrected chi connectivity index (χ1v) is 10.2. The zero-order valence-electron chi connectivity index (χ0n) is 16.1. The summed E-state index contributed by atoms with van der Waals surface area (Å²) >= 11 is 0. The molecule has 0 saturated heterocycles. The molecule has 0 radical (unpaired) electrons. The number of fused-ring (bicyclic) bond motifs is 5. The highest BCUT2D eigenvalue weighted by Gasteiger charge is 2.64. The minimum Gasteiger partial charge on any atom is -0.389 e. The van der Waals surface area contributed by atoms with Crippen LogP contribution in [0, 0.1) is 34.5 Å². The fourth-order valence-electron chi connectivity index (χ4n) is 7.59. The Morgan fingerprint density at radius 1 is 1.16 bits per heavy atom. The minimum atomic E-state index is -0.527. The Morgan fingerprint density at radius 3 is 2.52 bits per heavy atom. The van der Waals surface area contributed by atoms with Crippen LogP contribution >= 0.6 is 0 Å². The van der Waals surface area contributed by atoms with Crippen molar-refractivity contribution in [3.05, 3.63) is 11.6 Å². The molecule has 4 rings (SSSR count). The standard InChI is InChI=1S/C22H32O3/c1-5-22(25)9-7-16-14-10-13(2)17-11-18(23)19(24)12-20(17,3)15(14)6-8-21(16,22)4/h11,13-16,25H,5-10,12H2,1-4H3/t13?,14-,15+,16+,20-,21+,22-/m1/s1. The van der Waals surface area contributed by atoms with Crippen molar-refractivity contribution in [2.24, 2.45) is 34.5 Å². The van der Waals surface area contributed by atoms with Gasteiger partial charge >= 0.3 is 0 Å². The molecule has 0 amide bonds. The van der Waals surface area contributed by atoms with Crippen LogP contribution in [0.1, 0.15) is 72.6 Å². The Balaban J connectivity index is 1.74. The number of ketones is 2. The van der Waals surface area contributed by atoms with Gasteiger partial charge in [-0.2, -0.15) is 0 Å². The number of carbonyl (C=O) groups is 2. The summed E-state index contributed by atoms with van der Waals surface area (Å²) in [6.07, 6.45) is 8.15. The zero-order chi connectivity index (χ0) is 18.2. The van der Waals surface area contributed by atoms with Gasteiger partial charge in [0, 0.05) is 6.42 Å². The van der Waals surface area contributed by atoms with Crippen LogP contribution in [-0.4, -0.2) is 22.3 Å². The molecule has 25 heavy (non-hydrogen) atoms. The van der Waals surface area contributed by atoms with E-state index in [1.807, 2.05) is 0 Å². The maximum Gasteiger partial charge on any atom is 0.221 e. The van der Waals surface area contributed by atoms with Crippen LogP contribution in [-0.2, 0) is 9.59 Å². The van der Waals surface area contributed by atoms with Crippen LogP contribution in [0.5, 0.6) is 0 Å². The summed E-state index contributed by atoms with van der Waals surface area (Å²) in [5, 5.41) is 11.3. The Morgan fingerprint density at radius 2 is 1.84 bits per heavy atom. The van der Waals surface area contributed by atoms with E-state index in [9.17, 15) is 14.7 Å². The summed E-state index contributed by atoms with van der Waals surface area (Å²) in [7, 11) is 0. The molecule has 0 aromatic rings. The summed E-state index contributed by atoms with van der Waals surface area (Å²) in [6, 6.07) is 0. The van der Waals surface area contributed by atoms with Crippen LogP contribution in [0.3, 0.4) is 0 Å². The van der Waals surface area contributed by atoms with Crippen LogP contribution in [0.15, 0.2) is 11.6 Å². The molecule has 4 aliphatic carbocycles. The average molecular weight is 344 g/mol. The van der Waals surface area contributed by atoms with E-state index in [1.54, 1.807) is 6.08 Å². The smallest absolute Gasteiger partial charge is 0.221 e. The Labute approximate surface area is 151 Å². The molecule has 0 spiro atoms. The largest absolute Gasteiger partial charge is 0.389 e. The van der Waals surface area contributed by atoms with Gasteiger partial charge in [-0.1, -0.05) is 33.3 Å². The molecule has 0 bridgehead atoms. The van der Waals surface area contributed by atoms with Crippen LogP contribution < -0.4 is 0 Å². The monoisotopic (exact) mass is 344 g/mol. The third kappa shape index (κ3) is 2.08. The second-order valence-corrected chi connectivity index (χ2v) is 9.87. The predicted molar refractivity (Wildman–Crippen MR) is 96.9 cm³/mol. The fraction of sp³-hybridized carbons (Fsp3) is 0.818. The molecule has 0 aromatic carbocycles. The SMILES string of the molecule is CC[C@@]1(O)CC[C@H]2[C@@H]3CC(C)C4=CC(=O)C(=O)C[C@]4(C)[C@H]3CC[C@@]21C. The number of hydrogen-bond donors (Lipinski definition) is 1. The van der Waals surface area contributed by atoms with Gasteiger partial charge in [0.2, 0.25) is 11.6 Å². The molecule has 3 heteroatoms. The summed E-state index contributed by atoms with van der Waals surface area (Å²) in [6.45, 7) is 8.91. The van der Waals surface area contributed by atoms with Gasteiger partial charge in [0.1, 0.15) is 0 Å². The lowest BCUT2D eigenvalue weighted by atomic mass is 9.44. The minimum absolute atomic E-state index is 0.00864. The molecule has 138 valence electrons. The molecule has 3 fully saturated rings. The van der Waals surface area contributed by atoms with Gasteiger partial charge in [0.05, 0.1) is 5.60 Å². The van der Waals surface area contributed by atoms with Crippen molar-refractivity contribution in [2.75, 3.05) is 0 Å². The van der Waals surface area contributed by atoms with Gasteiger partial charge in [-0.3, -0.25) is 9.59 Å². The number of allylic oxidation sites excluding steroid dienone is 1. The summed E-state index contributed by atoms with van der Waals surface area (Å²) in [4.78, 5) is 24.2. The Kier molecular flexibility index (Phi) is 3.69. The van der Waals surface area contributed by atoms with E-state index < -0.39 is 5.60 Å². The van der Waals surface area contributed by atoms with E-state index >= 15 is 0 Å². The first-order chi connectivity index (χ1) is 11.7. The van der Waals surface area contributed by atoms with Crippen molar-refractivity contribution in [1.82, 2.24) is 0 Å². The van der Waals surface area contributed by atoms with Gasteiger partial charge in [0.15, 0.2) is 0 Å². The van der Waals surface area contributed by atoms with Crippen LogP contribution in [0.25, 0.3) is 0 Å². The van der Waals surface area contributed by atoms with Gasteiger partial charge in [0.25, 0.3) is 0 Å². The molecule has 1 N–H and O–H groups in total. The summed E-state index contributed by atoms with van der Waals surface area (Å²) < 4.78 is 0. The lowest BCUT2D eigenvalue weighted by molar-refractivity contribution is -0.144. The maximum atomic E-state index is 12.2. The second-order valence-electron chi connectivity index (χ2n) is 9.87. The number of aliphatic hydroxyl groups is 1. The highest BCUT2D eigenvalue weighted by molar-refractivity contribution is 6.42. The third-order valence-electron chi connectivity index (χ3n) is 9.07. The van der Waals surface area contributed by atoms with Crippen molar-refractivity contribution < 1.29 is 14.7 Å². The lowest BCUT2D eigenvalue weighted by Crippen LogP contribution is -2.56. The lowest BCUT2D eigenvalue weighted by Gasteiger charge is -2.60. The number of rotatable bonds is 1. The van der Waals surface area contributed by atoms with Crippen molar-refractivity contribution in [3.63, 3.8) is 0 Å². The van der Waals surface area contributed by atoms with E-state index in [-0.39, 0.29) is 22.4 Å². The molecule has 0 heterocycles. The normalized spacial score (nSPS) is 52.3. The molecular formula is C22H32O3. The van der Waals surface area contributed by atoms with E-state index in [0.717, 1.165) is 38.5 Å². The molecular weight excluding hydrogens is 312 g/mol. The maximum absolute atomic E-state index is 12.2. The van der Waals surface area contributed by atoms with E-state index in [4.69, 9.17) is 0 Å². The quantitative estimate of drug-likeness (QED) is 0.729. The second kappa shape index (κ2) is 5.28. The molecule has 4 aliphatic rings. The molecule has 3 saturated carbocycles. The van der Waals surface area contributed by atoms with Gasteiger partial charge in [-0.15, -0.1) is 0 Å². The van der Waals surface area contributed by atoms with Crippen LogP contribution in [0.2, 0.25) is 0 Å². The van der Waals surface area contributed by atoms with Crippen LogP contribution in [0.4, 0.5) is 0 Å². The zero-order valence-corrected chi connectivity index (χ0v) is 16.1. The fourth-order valence-corrected chi connectivity index (χ4v) is 7.59. The molecule has 3 nitrogen and oxygen atoms in total. The Hall–Kier alpha value is -0.960. The molecule has 0 aliphatic heterocycles. The van der Waals surface area contributed by atoms with Gasteiger partial charge in [-0.25, -0.2) is 0 Å². The van der Waals surface area contributed by atoms with Crippen molar-refractivity contribution >= 4 is 11.6 Å². The number of hydrogen-bond acceptors (Lipinski definition) is 3. The molecule has 1 unspecified atom stereocenters. The highest BCUT2D eigenvalue weighted by Crippen LogP contribution is 2.68. The molecule has 7 atom stereocenters. The van der Waals surface area contributed by atoms with Gasteiger partial charge < -0.3 is 5.11 Å². The average Bonchev–Trinajstić information content (AvgIpc) is 2.83. The van der Waals surface area contributed by atoms with E-state index in [1.165, 1.54) is 5.57 Å². The summed E-state index contributed by atoms with van der Waals surface area (Å²) in [5.74, 6) is 1.45. The molecule has 0 aromatic heterocycles. The van der Waals surface area contributed by atoms with Crippen molar-refractivity contribution in [3.8, 4) is 0 Å².